The molecule has 0 fully saturated rings. The van der Waals surface area contributed by atoms with E-state index in [9.17, 15) is 33.7 Å². The van der Waals surface area contributed by atoms with Crippen molar-refractivity contribution in [3.05, 3.63) is 18.2 Å². The van der Waals surface area contributed by atoms with Crippen LogP contribution in [0.2, 0.25) is 0 Å². The van der Waals surface area contributed by atoms with Crippen LogP contribution in [-0.4, -0.2) is 82.4 Å². The van der Waals surface area contributed by atoms with Gasteiger partial charge in [-0.3, -0.25) is 18.9 Å². The van der Waals surface area contributed by atoms with Gasteiger partial charge in [-0.1, -0.05) is 13.8 Å². The van der Waals surface area contributed by atoms with E-state index in [4.69, 9.17) is 18.5 Å². The van der Waals surface area contributed by atoms with Crippen molar-refractivity contribution in [2.24, 2.45) is 0 Å². The van der Waals surface area contributed by atoms with Crippen LogP contribution in [0.3, 0.4) is 0 Å². The van der Waals surface area contributed by atoms with Crippen molar-refractivity contribution in [3.8, 4) is 0 Å². The first-order valence-electron chi connectivity index (χ1n) is 11.3. The first kappa shape index (κ1) is 31.2. The van der Waals surface area contributed by atoms with Crippen LogP contribution in [0, 0.1) is 0 Å². The van der Waals surface area contributed by atoms with Gasteiger partial charge < -0.3 is 35.1 Å². The fraction of sp³-hybridized carbons (Fsp3) is 0.650. The predicted octanol–water partition coefficient (Wildman–Crippen LogP) is 0.258. The van der Waals surface area contributed by atoms with E-state index in [2.05, 4.69) is 20.6 Å². The second-order valence-corrected chi connectivity index (χ2v) is 8.74. The van der Waals surface area contributed by atoms with Gasteiger partial charge in [0.05, 0.1) is 18.6 Å². The maximum absolute atomic E-state index is 12.2. The maximum Gasteiger partial charge on any atom is 0.475 e. The molecule has 0 bridgehead atoms. The molecule has 0 aliphatic rings. The molecule has 0 aliphatic carbocycles. The second-order valence-electron chi connectivity index (χ2n) is 7.34. The van der Waals surface area contributed by atoms with Crippen LogP contribution >= 0.6 is 7.82 Å². The largest absolute Gasteiger partial charge is 0.480 e. The van der Waals surface area contributed by atoms with Crippen LogP contribution in [0.15, 0.2) is 12.5 Å². The van der Waals surface area contributed by atoms with Crippen molar-refractivity contribution in [2.75, 3.05) is 26.3 Å². The van der Waals surface area contributed by atoms with Gasteiger partial charge >= 0.3 is 25.7 Å². The third-order valence-corrected chi connectivity index (χ3v) is 5.31. The number of carbonyl (C=O) groups is 4. The quantitative estimate of drug-likeness (QED) is 0.0695. The van der Waals surface area contributed by atoms with Gasteiger partial charge in [-0.25, -0.2) is 18.9 Å². The molecule has 204 valence electrons. The minimum atomic E-state index is -4.68. The Morgan fingerprint density at radius 1 is 1.17 bits per heavy atom. The number of aromatic amines is 1. The summed E-state index contributed by atoms with van der Waals surface area (Å²) in [4.78, 5) is 62.9. The van der Waals surface area contributed by atoms with Crippen LogP contribution in [0.5, 0.6) is 0 Å². The Morgan fingerprint density at radius 2 is 1.92 bits per heavy atom. The fourth-order valence-electron chi connectivity index (χ4n) is 2.58. The number of carboxylic acid groups (broad SMARTS) is 1. The lowest BCUT2D eigenvalue weighted by molar-refractivity contribution is -0.179. The van der Waals surface area contributed by atoms with Crippen molar-refractivity contribution in [2.45, 2.75) is 58.3 Å². The van der Waals surface area contributed by atoms with Crippen LogP contribution < -0.4 is 10.6 Å². The van der Waals surface area contributed by atoms with Gasteiger partial charge in [-0.15, -0.1) is 0 Å². The molecule has 3 atom stereocenters. The summed E-state index contributed by atoms with van der Waals surface area (Å²) >= 11 is 0. The van der Waals surface area contributed by atoms with Gasteiger partial charge in [0.1, 0.15) is 6.04 Å². The number of hydrogen-bond donors (Lipinski definition) is 5. The number of ether oxygens (including phenoxy) is 2. The van der Waals surface area contributed by atoms with Crippen LogP contribution in [0.4, 0.5) is 0 Å². The molecule has 0 aliphatic heterocycles. The number of aromatic nitrogens is 2. The molecular formula is C20H33N4O11P. The number of hydrogen-bond acceptors (Lipinski definition) is 11. The monoisotopic (exact) mass is 536 g/mol. The lowest BCUT2D eigenvalue weighted by atomic mass is 10.1. The predicted molar refractivity (Wildman–Crippen MR) is 122 cm³/mol. The number of carboxylic acids is 1. The highest BCUT2D eigenvalue weighted by atomic mass is 31.2. The second kappa shape index (κ2) is 16.8. The highest BCUT2D eigenvalue weighted by Crippen LogP contribution is 2.44. The number of aliphatic carboxylic acids is 1. The van der Waals surface area contributed by atoms with Crippen LogP contribution in [-0.2, 0) is 48.7 Å². The molecule has 15 nitrogen and oxygen atoms in total. The Labute approximate surface area is 207 Å². The van der Waals surface area contributed by atoms with E-state index >= 15 is 0 Å². The first-order valence-corrected chi connectivity index (χ1v) is 12.8. The summed E-state index contributed by atoms with van der Waals surface area (Å²) in [5.41, 5.74) is 0.486. The van der Waals surface area contributed by atoms with E-state index < -0.39 is 50.6 Å². The van der Waals surface area contributed by atoms with E-state index in [0.717, 1.165) is 0 Å². The number of esters is 2. The van der Waals surface area contributed by atoms with E-state index in [-0.39, 0.29) is 45.4 Å². The highest BCUT2D eigenvalue weighted by Gasteiger charge is 2.30. The average Bonchev–Trinajstić information content (AvgIpc) is 3.32. The molecule has 0 aromatic carbocycles. The number of phosphoric ester groups is 1. The summed E-state index contributed by atoms with van der Waals surface area (Å²) in [5.74, 6) is -3.03. The number of nitrogens with one attached hydrogen (secondary N) is 3. The molecule has 0 saturated carbocycles. The van der Waals surface area contributed by atoms with Gasteiger partial charge in [0.2, 0.25) is 12.2 Å². The summed E-state index contributed by atoms with van der Waals surface area (Å²) in [6, 6.07) is -1.14. The molecule has 1 aromatic heterocycles. The maximum atomic E-state index is 12.2. The van der Waals surface area contributed by atoms with Crippen molar-refractivity contribution >= 4 is 31.6 Å². The third-order valence-electron chi connectivity index (χ3n) is 4.30. The molecule has 0 radical (unpaired) electrons. The van der Waals surface area contributed by atoms with Gasteiger partial charge in [0.15, 0.2) is 6.61 Å². The molecule has 1 amide bonds. The first-order chi connectivity index (χ1) is 17.1. The Hall–Kier alpha value is -2.84. The van der Waals surface area contributed by atoms with Crippen molar-refractivity contribution < 1.29 is 52.3 Å². The number of carbonyl (C=O) groups excluding carboxylic acids is 3. The number of phosphoric acid groups is 1. The lowest BCUT2D eigenvalue weighted by Crippen LogP contribution is -2.43. The summed E-state index contributed by atoms with van der Waals surface area (Å²) in [6.07, 6.45) is 1.81. The normalized spacial score (nSPS) is 14.3. The van der Waals surface area contributed by atoms with Crippen molar-refractivity contribution in [1.29, 1.82) is 0 Å². The van der Waals surface area contributed by atoms with E-state index in [1.807, 2.05) is 0 Å². The molecule has 3 unspecified atom stereocenters. The average molecular weight is 536 g/mol. The molecule has 16 heteroatoms. The van der Waals surface area contributed by atoms with Crippen LogP contribution in [0.1, 0.15) is 45.2 Å². The Balaban J connectivity index is 2.37. The summed E-state index contributed by atoms with van der Waals surface area (Å²) in [5, 5.41) is 14.4. The van der Waals surface area contributed by atoms with E-state index in [1.54, 1.807) is 13.8 Å². The van der Waals surface area contributed by atoms with E-state index in [1.165, 1.54) is 12.5 Å². The third kappa shape index (κ3) is 13.9. The van der Waals surface area contributed by atoms with Crippen molar-refractivity contribution in [3.63, 3.8) is 0 Å². The fourth-order valence-corrected chi connectivity index (χ4v) is 3.36. The number of H-pyrrole nitrogens is 1. The molecule has 5 N–H and O–H groups in total. The zero-order valence-corrected chi connectivity index (χ0v) is 21.0. The Morgan fingerprint density at radius 3 is 2.53 bits per heavy atom. The SMILES string of the molecule is CCCC(=O)OC(COC(=O)CC)OP(=O)(O)OCCNCCC(=O)NC(Cc1c[nH]cn1)C(=O)O. The number of imidazole rings is 1. The summed E-state index contributed by atoms with van der Waals surface area (Å²) < 4.78 is 31.5. The van der Waals surface area contributed by atoms with Gasteiger partial charge in [-0.2, -0.15) is 0 Å². The van der Waals surface area contributed by atoms with E-state index in [0.29, 0.717) is 12.1 Å². The number of nitrogens with zero attached hydrogens (tertiary/aromatic N) is 1. The van der Waals surface area contributed by atoms with Gasteiger partial charge in [0.25, 0.3) is 0 Å². The molecule has 1 heterocycles. The van der Waals surface area contributed by atoms with Gasteiger partial charge in [0, 0.05) is 45.0 Å². The zero-order chi connectivity index (χ0) is 27.0. The molecular weight excluding hydrogens is 503 g/mol. The van der Waals surface area contributed by atoms with Crippen molar-refractivity contribution in [1.82, 2.24) is 20.6 Å². The van der Waals surface area contributed by atoms with Gasteiger partial charge in [-0.05, 0) is 6.42 Å². The smallest absolute Gasteiger partial charge is 0.475 e. The summed E-state index contributed by atoms with van der Waals surface area (Å²) in [7, 11) is -4.68. The number of rotatable bonds is 19. The minimum absolute atomic E-state index is 0.0179. The molecule has 0 spiro atoms. The molecule has 0 saturated heterocycles. The zero-order valence-electron chi connectivity index (χ0n) is 20.1. The Kier molecular flexibility index (Phi) is 14.5. The lowest BCUT2D eigenvalue weighted by Gasteiger charge is -2.20. The standard InChI is InChI=1S/C20H33N4O11P/c1-3-5-18(27)34-19(12-32-17(26)4-2)35-36(30,31)33-9-8-21-7-6-16(25)24-15(20(28)29)10-14-11-22-13-23-14/h11,13,15,19,21H,3-10,12H2,1-2H3,(H,22,23)(H,24,25)(H,28,29)(H,30,31). The summed E-state index contributed by atoms with van der Waals surface area (Å²) in [6.45, 7) is 2.56. The molecule has 1 aromatic rings. The minimum Gasteiger partial charge on any atom is -0.480 e. The Bertz CT molecular complexity index is 881. The topological polar surface area (TPSA) is 215 Å². The van der Waals surface area contributed by atoms with Crippen LogP contribution in [0.25, 0.3) is 0 Å². The molecule has 36 heavy (non-hydrogen) atoms. The number of amides is 1. The highest BCUT2D eigenvalue weighted by molar-refractivity contribution is 7.47. The molecule has 1 rings (SSSR count).